The second kappa shape index (κ2) is 7.51. The zero-order valence-electron chi connectivity index (χ0n) is 15.4. The van der Waals surface area contributed by atoms with Crippen LogP contribution in [0.25, 0.3) is 11.4 Å². The molecule has 0 spiro atoms. The van der Waals surface area contributed by atoms with Crippen LogP contribution in [-0.4, -0.2) is 25.9 Å². The lowest BCUT2D eigenvalue weighted by molar-refractivity contribution is -0.145. The third kappa shape index (κ3) is 3.82. The zero-order valence-corrected chi connectivity index (χ0v) is 15.4. The van der Waals surface area contributed by atoms with E-state index < -0.39 is 0 Å². The van der Waals surface area contributed by atoms with E-state index in [0.717, 1.165) is 28.1 Å². The lowest BCUT2D eigenvalue weighted by Crippen LogP contribution is -2.07. The van der Waals surface area contributed by atoms with E-state index in [4.69, 9.17) is 9.26 Å². The Bertz CT molecular complexity index is 927. The van der Waals surface area contributed by atoms with Crippen molar-refractivity contribution in [2.24, 2.45) is 7.05 Å². The third-order valence-corrected chi connectivity index (χ3v) is 4.45. The summed E-state index contributed by atoms with van der Waals surface area (Å²) in [6, 6.07) is 7.77. The Morgan fingerprint density at radius 3 is 2.69 bits per heavy atom. The Hall–Kier alpha value is -2.96. The van der Waals surface area contributed by atoms with Crippen LogP contribution in [0.3, 0.4) is 0 Å². The largest absolute Gasteiger partial charge is 0.456 e. The maximum Gasteiger partial charge on any atom is 0.306 e. The molecule has 0 unspecified atom stereocenters. The first kappa shape index (κ1) is 17.8. The third-order valence-electron chi connectivity index (χ3n) is 4.45. The average Bonchev–Trinajstić information content (AvgIpc) is 3.17. The molecule has 0 aliphatic heterocycles. The van der Waals surface area contributed by atoms with E-state index in [0.29, 0.717) is 12.2 Å². The van der Waals surface area contributed by atoms with Gasteiger partial charge in [-0.3, -0.25) is 9.48 Å². The van der Waals surface area contributed by atoms with Crippen LogP contribution in [0.5, 0.6) is 0 Å². The molecular weight excluding hydrogens is 332 g/mol. The van der Waals surface area contributed by atoms with Gasteiger partial charge in [-0.05, 0) is 38.3 Å². The Morgan fingerprint density at radius 1 is 1.23 bits per heavy atom. The van der Waals surface area contributed by atoms with Crippen LogP contribution >= 0.6 is 0 Å². The molecular formula is C19H22N4O3. The fourth-order valence-electron chi connectivity index (χ4n) is 2.87. The van der Waals surface area contributed by atoms with Crippen molar-refractivity contribution in [3.63, 3.8) is 0 Å². The van der Waals surface area contributed by atoms with E-state index in [1.54, 1.807) is 0 Å². The normalized spacial score (nSPS) is 10.9. The maximum atomic E-state index is 12.0. The molecule has 2 heterocycles. The number of carbonyl (C=O) groups is 1. The van der Waals surface area contributed by atoms with Gasteiger partial charge in [0, 0.05) is 24.7 Å². The Balaban J connectivity index is 1.55. The maximum absolute atomic E-state index is 12.0. The minimum Gasteiger partial charge on any atom is -0.456 e. The number of rotatable bonds is 6. The van der Waals surface area contributed by atoms with Crippen molar-refractivity contribution in [1.29, 1.82) is 0 Å². The second-order valence-corrected chi connectivity index (χ2v) is 6.26. The predicted molar refractivity (Wildman–Crippen MR) is 95.3 cm³/mol. The molecule has 136 valence electrons. The molecule has 0 aliphatic rings. The zero-order chi connectivity index (χ0) is 18.7. The summed E-state index contributed by atoms with van der Waals surface area (Å²) < 4.78 is 12.3. The van der Waals surface area contributed by atoms with Gasteiger partial charge in [0.15, 0.2) is 6.61 Å². The van der Waals surface area contributed by atoms with Gasteiger partial charge in [-0.25, -0.2) is 0 Å². The Labute approximate surface area is 152 Å². The summed E-state index contributed by atoms with van der Waals surface area (Å²) in [4.78, 5) is 16.3. The van der Waals surface area contributed by atoms with E-state index in [1.165, 1.54) is 0 Å². The molecule has 0 N–H and O–H groups in total. The quantitative estimate of drug-likeness (QED) is 0.633. The summed E-state index contributed by atoms with van der Waals surface area (Å²) in [5.41, 5.74) is 5.05. The molecule has 0 bridgehead atoms. The summed E-state index contributed by atoms with van der Waals surface area (Å²) >= 11 is 0. The molecule has 26 heavy (non-hydrogen) atoms. The van der Waals surface area contributed by atoms with E-state index in [9.17, 15) is 4.79 Å². The van der Waals surface area contributed by atoms with Gasteiger partial charge in [0.25, 0.3) is 5.89 Å². The van der Waals surface area contributed by atoms with Crippen molar-refractivity contribution in [1.82, 2.24) is 19.9 Å². The molecule has 3 aromatic rings. The summed E-state index contributed by atoms with van der Waals surface area (Å²) in [5.74, 6) is 0.476. The lowest BCUT2D eigenvalue weighted by atomic mass is 10.1. The van der Waals surface area contributed by atoms with Crippen molar-refractivity contribution in [3.8, 4) is 11.4 Å². The van der Waals surface area contributed by atoms with E-state index in [2.05, 4.69) is 15.2 Å². The standard InChI is InChI=1S/C19H22N4O3/c1-12-7-5-6-8-15(12)19-20-17(26-22-19)11-25-18(24)10-9-16-13(2)21-23(4)14(16)3/h5-8H,9-11H2,1-4H3. The van der Waals surface area contributed by atoms with Crippen LogP contribution < -0.4 is 0 Å². The number of carbonyl (C=O) groups excluding carboxylic acids is 1. The molecule has 7 nitrogen and oxygen atoms in total. The van der Waals surface area contributed by atoms with Crippen LogP contribution in [0.15, 0.2) is 28.8 Å². The second-order valence-electron chi connectivity index (χ2n) is 6.26. The van der Waals surface area contributed by atoms with Gasteiger partial charge in [0.05, 0.1) is 5.69 Å². The minimum atomic E-state index is -0.303. The predicted octanol–water partition coefficient (Wildman–Crippen LogP) is 3.07. The first-order valence-corrected chi connectivity index (χ1v) is 8.49. The Morgan fingerprint density at radius 2 is 2.00 bits per heavy atom. The van der Waals surface area contributed by atoms with Gasteiger partial charge in [0.1, 0.15) is 0 Å². The number of hydrogen-bond donors (Lipinski definition) is 0. The minimum absolute atomic E-state index is 0.0251. The molecule has 0 amide bonds. The number of benzene rings is 1. The monoisotopic (exact) mass is 354 g/mol. The number of aryl methyl sites for hydroxylation is 3. The highest BCUT2D eigenvalue weighted by Crippen LogP contribution is 2.20. The molecule has 3 rings (SSSR count). The van der Waals surface area contributed by atoms with Crippen molar-refractivity contribution < 1.29 is 14.1 Å². The van der Waals surface area contributed by atoms with Crippen LogP contribution in [0.2, 0.25) is 0 Å². The van der Waals surface area contributed by atoms with E-state index in [1.807, 2.05) is 56.8 Å². The molecule has 1 aromatic carbocycles. The molecule has 7 heteroatoms. The van der Waals surface area contributed by atoms with Gasteiger partial charge >= 0.3 is 5.97 Å². The first-order valence-electron chi connectivity index (χ1n) is 8.49. The summed E-state index contributed by atoms with van der Waals surface area (Å²) in [6.45, 7) is 5.89. The summed E-state index contributed by atoms with van der Waals surface area (Å²) in [5, 5.41) is 8.31. The van der Waals surface area contributed by atoms with Crippen LogP contribution in [0.1, 0.15) is 34.8 Å². The van der Waals surface area contributed by atoms with E-state index >= 15 is 0 Å². The molecule has 0 radical (unpaired) electrons. The Kier molecular flexibility index (Phi) is 5.16. The molecule has 0 atom stereocenters. The molecule has 0 aliphatic carbocycles. The molecule has 0 saturated heterocycles. The van der Waals surface area contributed by atoms with Crippen molar-refractivity contribution in [2.75, 3.05) is 0 Å². The van der Waals surface area contributed by atoms with E-state index in [-0.39, 0.29) is 24.9 Å². The number of esters is 1. The van der Waals surface area contributed by atoms with Crippen LogP contribution in [0.4, 0.5) is 0 Å². The lowest BCUT2D eigenvalue weighted by Gasteiger charge is -2.03. The number of ether oxygens (including phenoxy) is 1. The van der Waals surface area contributed by atoms with Crippen molar-refractivity contribution >= 4 is 5.97 Å². The topological polar surface area (TPSA) is 83.0 Å². The van der Waals surface area contributed by atoms with Gasteiger partial charge in [-0.15, -0.1) is 0 Å². The molecule has 0 fully saturated rings. The summed E-state index contributed by atoms with van der Waals surface area (Å²) in [7, 11) is 1.89. The van der Waals surface area contributed by atoms with Gasteiger partial charge in [-0.2, -0.15) is 10.1 Å². The fourth-order valence-corrected chi connectivity index (χ4v) is 2.87. The summed E-state index contributed by atoms with van der Waals surface area (Å²) in [6.07, 6.45) is 0.884. The van der Waals surface area contributed by atoms with Crippen molar-refractivity contribution in [3.05, 3.63) is 52.7 Å². The number of aromatic nitrogens is 4. The highest BCUT2D eigenvalue weighted by Gasteiger charge is 2.14. The smallest absolute Gasteiger partial charge is 0.306 e. The highest BCUT2D eigenvalue weighted by molar-refractivity contribution is 5.69. The average molecular weight is 354 g/mol. The van der Waals surface area contributed by atoms with Gasteiger partial charge < -0.3 is 9.26 Å². The van der Waals surface area contributed by atoms with Gasteiger partial charge in [-0.1, -0.05) is 29.4 Å². The molecule has 0 saturated carbocycles. The van der Waals surface area contributed by atoms with Crippen molar-refractivity contribution in [2.45, 2.75) is 40.2 Å². The first-order chi connectivity index (χ1) is 12.5. The molecule has 2 aromatic heterocycles. The van der Waals surface area contributed by atoms with Crippen LogP contribution in [0, 0.1) is 20.8 Å². The SMILES string of the molecule is Cc1ccccc1-c1noc(COC(=O)CCc2c(C)nn(C)c2C)n1. The van der Waals surface area contributed by atoms with Crippen LogP contribution in [-0.2, 0) is 29.6 Å². The number of nitrogens with zero attached hydrogens (tertiary/aromatic N) is 4. The van der Waals surface area contributed by atoms with Gasteiger partial charge in [0.2, 0.25) is 5.82 Å². The number of hydrogen-bond acceptors (Lipinski definition) is 6. The highest BCUT2D eigenvalue weighted by atomic mass is 16.6. The fraction of sp³-hybridized carbons (Fsp3) is 0.368.